The lowest BCUT2D eigenvalue weighted by molar-refractivity contribution is -0.143. The highest BCUT2D eigenvalue weighted by Gasteiger charge is 2.46. The summed E-state index contributed by atoms with van der Waals surface area (Å²) in [4.78, 5) is 13.8. The minimum absolute atomic E-state index is 0.0259. The lowest BCUT2D eigenvalue weighted by Crippen LogP contribution is -2.63. The van der Waals surface area contributed by atoms with Crippen LogP contribution < -0.4 is 20.1 Å². The largest absolute Gasteiger partial charge is 0.489 e. The van der Waals surface area contributed by atoms with Crippen molar-refractivity contribution in [1.82, 2.24) is 14.9 Å². The first kappa shape index (κ1) is 29.2. The van der Waals surface area contributed by atoms with Crippen LogP contribution in [0.25, 0.3) is 32.1 Å². The van der Waals surface area contributed by atoms with E-state index in [-0.39, 0.29) is 78.9 Å². The second-order valence-electron chi connectivity index (χ2n) is 12.1. The van der Waals surface area contributed by atoms with Gasteiger partial charge in [-0.1, -0.05) is 17.7 Å². The van der Waals surface area contributed by atoms with Crippen LogP contribution in [0.1, 0.15) is 39.2 Å². The van der Waals surface area contributed by atoms with Crippen LogP contribution in [0.5, 0.6) is 11.8 Å². The second-order valence-corrected chi connectivity index (χ2v) is 13.6. The molecule has 5 heterocycles. The molecule has 3 aliphatic heterocycles. The first-order valence-corrected chi connectivity index (χ1v) is 15.7. The van der Waals surface area contributed by atoms with Gasteiger partial charge in [-0.05, 0) is 58.8 Å². The number of halogens is 3. The number of hydrogen-bond acceptors (Lipinski definition) is 10. The molecule has 0 bridgehead atoms. The number of hydrogen-bond donors (Lipinski definition) is 1. The normalized spacial score (nSPS) is 22.0. The average Bonchev–Trinajstić information content (AvgIpc) is 3.51. The fourth-order valence-electron chi connectivity index (χ4n) is 6.76. The van der Waals surface area contributed by atoms with Crippen molar-refractivity contribution in [2.75, 3.05) is 44.0 Å². The summed E-state index contributed by atoms with van der Waals surface area (Å²) in [6.45, 7) is 8.06. The summed E-state index contributed by atoms with van der Waals surface area (Å²) < 4.78 is 50.5. The molecule has 3 atom stereocenters. The zero-order valence-electron chi connectivity index (χ0n) is 24.7. The summed E-state index contributed by atoms with van der Waals surface area (Å²) in [5.41, 5.74) is 5.78. The van der Waals surface area contributed by atoms with Gasteiger partial charge in [0.05, 0.1) is 45.5 Å². The van der Waals surface area contributed by atoms with Crippen molar-refractivity contribution in [2.45, 2.75) is 57.4 Å². The number of likely N-dealkylation sites (N-methyl/N-ethyl adjacent to an activating group) is 1. The molecule has 2 fully saturated rings. The Kier molecular flexibility index (Phi) is 7.01. The summed E-state index contributed by atoms with van der Waals surface area (Å²) in [7, 11) is 2.06. The Balaban J connectivity index is 1.49. The van der Waals surface area contributed by atoms with E-state index in [4.69, 9.17) is 36.5 Å². The van der Waals surface area contributed by atoms with Gasteiger partial charge in [0.1, 0.15) is 40.9 Å². The molecule has 4 aromatic rings. The molecule has 230 valence electrons. The van der Waals surface area contributed by atoms with Crippen molar-refractivity contribution in [1.29, 1.82) is 5.26 Å². The third kappa shape index (κ3) is 4.35. The zero-order chi connectivity index (χ0) is 31.1. The summed E-state index contributed by atoms with van der Waals surface area (Å²) in [6, 6.07) is 4.80. The number of nitrogens with two attached hydrogens (primary N) is 1. The molecule has 2 aromatic heterocycles. The summed E-state index contributed by atoms with van der Waals surface area (Å²) in [5.74, 6) is -0.673. The number of likely N-dealkylation sites (tertiary alicyclic amines) is 1. The second kappa shape index (κ2) is 10.5. The number of thiophene rings is 1. The Bertz CT molecular complexity index is 1880. The first-order chi connectivity index (χ1) is 21.0. The van der Waals surface area contributed by atoms with Gasteiger partial charge in [-0.15, -0.1) is 11.3 Å². The lowest BCUT2D eigenvalue weighted by atomic mass is 9.91. The summed E-state index contributed by atoms with van der Waals surface area (Å²) in [5, 5.41) is 10.5. The fraction of sp³-hybridized carbons (Fsp3) is 0.452. The fourth-order valence-corrected chi connectivity index (χ4v) is 8.05. The molecular formula is C31H31ClF2N6O3S. The van der Waals surface area contributed by atoms with Crippen LogP contribution in [0.3, 0.4) is 0 Å². The molecule has 2 N–H and O–H groups in total. The molecule has 0 aliphatic carbocycles. The van der Waals surface area contributed by atoms with Crippen molar-refractivity contribution in [3.8, 4) is 29.0 Å². The van der Waals surface area contributed by atoms with E-state index in [2.05, 4.69) is 21.8 Å². The monoisotopic (exact) mass is 640 g/mol. The molecule has 44 heavy (non-hydrogen) atoms. The zero-order valence-corrected chi connectivity index (χ0v) is 26.3. The molecular weight excluding hydrogens is 610 g/mol. The van der Waals surface area contributed by atoms with Crippen LogP contribution in [0, 0.1) is 23.0 Å². The van der Waals surface area contributed by atoms with E-state index < -0.39 is 17.2 Å². The number of nitrogens with zero attached hydrogens (tertiary/aromatic N) is 5. The smallest absolute Gasteiger partial charge is 0.319 e. The highest BCUT2D eigenvalue weighted by molar-refractivity contribution is 7.23. The van der Waals surface area contributed by atoms with Gasteiger partial charge >= 0.3 is 6.01 Å². The SMILES string of the molecule is C[C@H](Oc1nc2c3c(c(Cl)c(-c4ccc(F)c5sc(N)c(C#N)c45)c(F)c3n1)OCCN2C1COC1(C)C)[C@@H]1CCCN1C. The van der Waals surface area contributed by atoms with E-state index in [0.717, 1.165) is 30.7 Å². The van der Waals surface area contributed by atoms with Crippen molar-refractivity contribution in [3.63, 3.8) is 0 Å². The third-order valence-corrected chi connectivity index (χ3v) is 10.6. The van der Waals surface area contributed by atoms with Crippen LogP contribution in [0.2, 0.25) is 5.02 Å². The van der Waals surface area contributed by atoms with E-state index >= 15 is 4.39 Å². The molecule has 0 radical (unpaired) electrons. The van der Waals surface area contributed by atoms with Gasteiger partial charge in [0, 0.05) is 17.0 Å². The number of rotatable bonds is 5. The van der Waals surface area contributed by atoms with E-state index in [1.54, 1.807) is 0 Å². The number of anilines is 2. The van der Waals surface area contributed by atoms with Crippen LogP contribution in [-0.4, -0.2) is 72.0 Å². The van der Waals surface area contributed by atoms with E-state index in [0.29, 0.717) is 24.4 Å². The number of aromatic nitrogens is 2. The maximum atomic E-state index is 17.1. The summed E-state index contributed by atoms with van der Waals surface area (Å²) >= 11 is 7.93. The van der Waals surface area contributed by atoms with Gasteiger partial charge in [0.15, 0.2) is 11.6 Å². The van der Waals surface area contributed by atoms with Crippen molar-refractivity contribution >= 4 is 54.7 Å². The van der Waals surface area contributed by atoms with Crippen LogP contribution in [0.15, 0.2) is 12.1 Å². The van der Waals surface area contributed by atoms with Gasteiger partial charge in [0.25, 0.3) is 0 Å². The molecule has 0 saturated carbocycles. The van der Waals surface area contributed by atoms with Crippen LogP contribution in [0.4, 0.5) is 19.6 Å². The number of fused-ring (bicyclic) bond motifs is 1. The van der Waals surface area contributed by atoms with Crippen LogP contribution in [-0.2, 0) is 4.74 Å². The third-order valence-electron chi connectivity index (χ3n) is 9.19. The summed E-state index contributed by atoms with van der Waals surface area (Å²) in [6.07, 6.45) is 1.77. The quantitative estimate of drug-likeness (QED) is 0.275. The van der Waals surface area contributed by atoms with Gasteiger partial charge in [0.2, 0.25) is 0 Å². The topological polar surface area (TPSA) is 110 Å². The van der Waals surface area contributed by atoms with Gasteiger partial charge < -0.3 is 24.8 Å². The van der Waals surface area contributed by atoms with Crippen molar-refractivity contribution in [3.05, 3.63) is 34.4 Å². The van der Waals surface area contributed by atoms with E-state index in [1.807, 2.05) is 26.8 Å². The minimum Gasteiger partial charge on any atom is -0.489 e. The van der Waals surface area contributed by atoms with Crippen molar-refractivity contribution in [2.24, 2.45) is 0 Å². The Morgan fingerprint density at radius 3 is 2.70 bits per heavy atom. The van der Waals surface area contributed by atoms with Gasteiger partial charge in [-0.25, -0.2) is 8.78 Å². The van der Waals surface area contributed by atoms with E-state index in [1.165, 1.54) is 12.1 Å². The maximum Gasteiger partial charge on any atom is 0.319 e. The Morgan fingerprint density at radius 2 is 2.05 bits per heavy atom. The molecule has 9 nitrogen and oxygen atoms in total. The highest BCUT2D eigenvalue weighted by atomic mass is 35.5. The predicted molar refractivity (Wildman–Crippen MR) is 167 cm³/mol. The maximum absolute atomic E-state index is 17.1. The number of nitriles is 1. The molecule has 13 heteroatoms. The predicted octanol–water partition coefficient (Wildman–Crippen LogP) is 6.13. The number of nitrogen functional groups attached to an aromatic ring is 1. The first-order valence-electron chi connectivity index (χ1n) is 14.6. The number of benzene rings is 2. The molecule has 1 unspecified atom stereocenters. The molecule has 3 aliphatic rings. The molecule has 0 spiro atoms. The molecule has 0 amide bonds. The lowest BCUT2D eigenvalue weighted by Gasteiger charge is -2.50. The standard InChI is InChI=1S/C31H31ClF2N6O3S/c1-14(18-6-5-9-39(18)4)43-30-37-25-22-26(41-11-10-40(29(22)38-30)19-13-42-31(19,2)3)23(32)21(24(25)34)15-7-8-17(33)27-20(15)16(12-35)28(36)44-27/h7-8,14,18-19H,5-6,9-11,13,36H2,1-4H3/t14-,18-,19?/m0/s1. The molecule has 2 aromatic carbocycles. The van der Waals surface area contributed by atoms with Gasteiger partial charge in [-0.2, -0.15) is 15.2 Å². The molecule has 7 rings (SSSR count). The minimum atomic E-state index is -0.760. The Morgan fingerprint density at radius 1 is 1.25 bits per heavy atom. The average molecular weight is 641 g/mol. The van der Waals surface area contributed by atoms with Crippen molar-refractivity contribution < 1.29 is 23.0 Å². The van der Waals surface area contributed by atoms with Gasteiger partial charge in [-0.3, -0.25) is 4.90 Å². The van der Waals surface area contributed by atoms with Crippen LogP contribution >= 0.6 is 22.9 Å². The Hall–Kier alpha value is -3.50. The van der Waals surface area contributed by atoms with E-state index in [9.17, 15) is 9.65 Å². The highest BCUT2D eigenvalue weighted by Crippen LogP contribution is 2.51. The Labute approximate surface area is 262 Å². The number of ether oxygens (including phenoxy) is 3. The molecule has 2 saturated heterocycles.